The summed E-state index contributed by atoms with van der Waals surface area (Å²) in [5.41, 5.74) is 0.820. The highest BCUT2D eigenvalue weighted by molar-refractivity contribution is 5.66. The SMILES string of the molecule is CC(=O)O[C@H]1CC[C@]2(C)[C@H]3CC[C@]4(C)[C@@H]([C@H](C)CCCC(C)C)CC[C@H]4[C@@H]3C[C@H]3O[C@]32C1. The summed E-state index contributed by atoms with van der Waals surface area (Å²) in [4.78, 5) is 11.6. The van der Waals surface area contributed by atoms with Gasteiger partial charge in [0.15, 0.2) is 0 Å². The van der Waals surface area contributed by atoms with Gasteiger partial charge >= 0.3 is 5.97 Å². The van der Waals surface area contributed by atoms with Crippen molar-refractivity contribution in [1.82, 2.24) is 0 Å². The quantitative estimate of drug-likeness (QED) is 0.322. The van der Waals surface area contributed by atoms with Gasteiger partial charge in [0.05, 0.1) is 6.10 Å². The molecule has 1 spiro atoms. The molecule has 3 nitrogen and oxygen atoms in total. The molecule has 5 rings (SSSR count). The van der Waals surface area contributed by atoms with Gasteiger partial charge in [-0.3, -0.25) is 4.79 Å². The normalized spacial score (nSPS) is 50.1. The van der Waals surface area contributed by atoms with Gasteiger partial charge in [-0.2, -0.15) is 0 Å². The van der Waals surface area contributed by atoms with Crippen LogP contribution in [-0.4, -0.2) is 23.8 Å². The Morgan fingerprint density at radius 3 is 2.53 bits per heavy atom. The first-order valence-corrected chi connectivity index (χ1v) is 14.0. The lowest BCUT2D eigenvalue weighted by molar-refractivity contribution is -0.157. The fourth-order valence-corrected chi connectivity index (χ4v) is 10.00. The molecule has 0 bridgehead atoms. The number of epoxide rings is 1. The van der Waals surface area contributed by atoms with Crippen LogP contribution in [0.15, 0.2) is 0 Å². The zero-order valence-corrected chi connectivity index (χ0v) is 21.6. The van der Waals surface area contributed by atoms with E-state index in [0.717, 1.165) is 48.3 Å². The lowest BCUT2D eigenvalue weighted by Crippen LogP contribution is -2.59. The maximum Gasteiger partial charge on any atom is 0.302 e. The van der Waals surface area contributed by atoms with Crippen molar-refractivity contribution in [1.29, 1.82) is 0 Å². The fourth-order valence-electron chi connectivity index (χ4n) is 10.00. The van der Waals surface area contributed by atoms with Crippen molar-refractivity contribution in [2.75, 3.05) is 0 Å². The van der Waals surface area contributed by atoms with E-state index in [4.69, 9.17) is 9.47 Å². The molecule has 0 aromatic heterocycles. The molecule has 3 heteroatoms. The molecule has 0 aromatic carbocycles. The highest BCUT2D eigenvalue weighted by Crippen LogP contribution is 2.74. The van der Waals surface area contributed by atoms with Crippen LogP contribution in [0, 0.1) is 46.3 Å². The molecule has 0 unspecified atom stereocenters. The van der Waals surface area contributed by atoms with E-state index in [1.807, 2.05) is 0 Å². The maximum absolute atomic E-state index is 11.6. The number of hydrogen-bond donors (Lipinski definition) is 0. The molecule has 10 atom stereocenters. The van der Waals surface area contributed by atoms with E-state index in [1.54, 1.807) is 6.92 Å². The molecule has 1 saturated heterocycles. The van der Waals surface area contributed by atoms with Crippen LogP contribution in [0.1, 0.15) is 112 Å². The van der Waals surface area contributed by atoms with Crippen molar-refractivity contribution < 1.29 is 14.3 Å². The van der Waals surface area contributed by atoms with Crippen LogP contribution in [0.2, 0.25) is 0 Å². The largest absolute Gasteiger partial charge is 0.462 e. The second-order valence-corrected chi connectivity index (χ2v) is 13.5. The number of carbonyl (C=O) groups excluding carboxylic acids is 1. The summed E-state index contributed by atoms with van der Waals surface area (Å²) in [7, 11) is 0. The van der Waals surface area contributed by atoms with Crippen molar-refractivity contribution in [2.24, 2.45) is 46.3 Å². The Morgan fingerprint density at radius 1 is 1.03 bits per heavy atom. The van der Waals surface area contributed by atoms with Gasteiger partial charge in [-0.1, -0.05) is 53.9 Å². The van der Waals surface area contributed by atoms with Crippen LogP contribution in [0.5, 0.6) is 0 Å². The fraction of sp³-hybridized carbons (Fsp3) is 0.966. The second-order valence-electron chi connectivity index (χ2n) is 13.5. The van der Waals surface area contributed by atoms with Gasteiger partial charge in [0.1, 0.15) is 11.7 Å². The number of ether oxygens (including phenoxy) is 2. The van der Waals surface area contributed by atoms with Gasteiger partial charge < -0.3 is 9.47 Å². The Kier molecular flexibility index (Phi) is 5.79. The average molecular weight is 445 g/mol. The Morgan fingerprint density at radius 2 is 1.81 bits per heavy atom. The average Bonchev–Trinajstić information content (AvgIpc) is 3.28. The van der Waals surface area contributed by atoms with E-state index in [1.165, 1.54) is 57.8 Å². The summed E-state index contributed by atoms with van der Waals surface area (Å²) < 4.78 is 12.3. The molecule has 1 aliphatic heterocycles. The van der Waals surface area contributed by atoms with Crippen LogP contribution in [0.25, 0.3) is 0 Å². The van der Waals surface area contributed by atoms with Crippen LogP contribution in [-0.2, 0) is 14.3 Å². The van der Waals surface area contributed by atoms with Crippen molar-refractivity contribution in [2.45, 2.75) is 130 Å². The molecule has 0 radical (unpaired) electrons. The minimum absolute atomic E-state index is 0.00240. The van der Waals surface area contributed by atoms with E-state index < -0.39 is 0 Å². The number of esters is 1. The third kappa shape index (κ3) is 3.42. The summed E-state index contributed by atoms with van der Waals surface area (Å²) in [6.07, 6.45) is 14.8. The monoisotopic (exact) mass is 444 g/mol. The predicted molar refractivity (Wildman–Crippen MR) is 128 cm³/mol. The summed E-state index contributed by atoms with van der Waals surface area (Å²) in [6.45, 7) is 14.1. The number of fused-ring (bicyclic) bond motifs is 4. The molecule has 5 fully saturated rings. The van der Waals surface area contributed by atoms with Gasteiger partial charge in [0.2, 0.25) is 0 Å². The highest BCUT2D eigenvalue weighted by atomic mass is 16.6. The molecule has 0 aromatic rings. The molecular weight excluding hydrogens is 396 g/mol. The number of rotatable bonds is 6. The van der Waals surface area contributed by atoms with Crippen LogP contribution in [0.3, 0.4) is 0 Å². The molecule has 1 heterocycles. The van der Waals surface area contributed by atoms with Crippen LogP contribution in [0.4, 0.5) is 0 Å². The zero-order chi connectivity index (χ0) is 22.9. The van der Waals surface area contributed by atoms with Gasteiger partial charge in [-0.25, -0.2) is 0 Å². The van der Waals surface area contributed by atoms with Gasteiger partial charge in [-0.05, 0) is 85.9 Å². The van der Waals surface area contributed by atoms with Gasteiger partial charge in [-0.15, -0.1) is 0 Å². The molecule has 4 aliphatic carbocycles. The van der Waals surface area contributed by atoms with Crippen molar-refractivity contribution >= 4 is 5.97 Å². The van der Waals surface area contributed by atoms with E-state index in [0.29, 0.717) is 11.5 Å². The molecular formula is C29H48O3. The second kappa shape index (κ2) is 7.99. The minimum atomic E-state index is -0.131. The van der Waals surface area contributed by atoms with Crippen molar-refractivity contribution in [3.63, 3.8) is 0 Å². The topological polar surface area (TPSA) is 38.8 Å². The highest BCUT2D eigenvalue weighted by Gasteiger charge is 2.76. The Bertz CT molecular complexity index is 732. The van der Waals surface area contributed by atoms with E-state index in [-0.39, 0.29) is 23.1 Å². The van der Waals surface area contributed by atoms with E-state index in [2.05, 4.69) is 34.6 Å². The molecule has 0 amide bonds. The Labute approximate surface area is 196 Å². The summed E-state index contributed by atoms with van der Waals surface area (Å²) in [5.74, 6) is 5.03. The minimum Gasteiger partial charge on any atom is -0.462 e. The number of carbonyl (C=O) groups is 1. The Balaban J connectivity index is 1.30. The van der Waals surface area contributed by atoms with E-state index >= 15 is 0 Å². The zero-order valence-electron chi connectivity index (χ0n) is 21.6. The van der Waals surface area contributed by atoms with Gasteiger partial charge in [0, 0.05) is 18.8 Å². The smallest absolute Gasteiger partial charge is 0.302 e. The summed E-state index contributed by atoms with van der Waals surface area (Å²) >= 11 is 0. The van der Waals surface area contributed by atoms with Crippen molar-refractivity contribution in [3.8, 4) is 0 Å². The van der Waals surface area contributed by atoms with E-state index in [9.17, 15) is 4.79 Å². The molecule has 182 valence electrons. The predicted octanol–water partition coefficient (Wildman–Crippen LogP) is 7.17. The first kappa shape index (κ1) is 23.2. The molecule has 0 N–H and O–H groups in total. The number of hydrogen-bond acceptors (Lipinski definition) is 3. The molecule has 32 heavy (non-hydrogen) atoms. The summed E-state index contributed by atoms with van der Waals surface area (Å²) in [6, 6.07) is 0. The standard InChI is InChI=1S/C29H48O3/c1-18(2)8-7-9-19(3)23-10-11-24-22-16-26-29(32-26)17-21(31-20(4)30)12-15-28(29,6)25(22)13-14-27(23,24)5/h18-19,21-26H,7-17H2,1-6H3/t19-,21+,22+,23-,24+,25+,26-,27-,28-,29-/m1/s1. The molecule has 5 aliphatic rings. The van der Waals surface area contributed by atoms with Gasteiger partial charge in [0.25, 0.3) is 0 Å². The lowest BCUT2D eigenvalue weighted by atomic mass is 9.44. The van der Waals surface area contributed by atoms with Crippen LogP contribution < -0.4 is 0 Å². The Hall–Kier alpha value is -0.570. The molecule has 4 saturated carbocycles. The lowest BCUT2D eigenvalue weighted by Gasteiger charge is -2.59. The van der Waals surface area contributed by atoms with Crippen molar-refractivity contribution in [3.05, 3.63) is 0 Å². The summed E-state index contributed by atoms with van der Waals surface area (Å²) in [5, 5.41) is 0. The third-order valence-electron chi connectivity index (χ3n) is 11.6. The first-order valence-electron chi connectivity index (χ1n) is 14.0. The third-order valence-corrected chi connectivity index (χ3v) is 11.6. The van der Waals surface area contributed by atoms with Crippen LogP contribution >= 0.6 is 0 Å². The maximum atomic E-state index is 11.6. The first-order chi connectivity index (χ1) is 15.1.